The van der Waals surface area contributed by atoms with Gasteiger partial charge < -0.3 is 10.2 Å². The van der Waals surface area contributed by atoms with Crippen LogP contribution in [0.4, 0.5) is 0 Å². The Morgan fingerprint density at radius 3 is 2.43 bits per heavy atom. The molecule has 0 bridgehead atoms. The average molecular weight is 282 g/mol. The minimum Gasteiger partial charge on any atom is -0.386 e. The van der Waals surface area contributed by atoms with Gasteiger partial charge in [-0.15, -0.1) is 0 Å². The first-order valence-electron chi connectivity index (χ1n) is 6.85. The molecule has 4 heteroatoms. The molecule has 21 heavy (non-hydrogen) atoms. The van der Waals surface area contributed by atoms with Gasteiger partial charge in [-0.1, -0.05) is 65.8 Å². The van der Waals surface area contributed by atoms with Crippen LogP contribution in [0.2, 0.25) is 0 Å². The zero-order valence-corrected chi connectivity index (χ0v) is 11.7. The standard InChI is InChI=1S/C17H18N2O2/c20-17(18-12-11-15-7-3-1-4-8-15)14-21-19-13-16-9-5-2-6-10-16/h1-10,13H,11-12,14H2,(H,18,20)/b19-13-. The van der Waals surface area contributed by atoms with Crippen LogP contribution in [-0.4, -0.2) is 25.3 Å². The highest BCUT2D eigenvalue weighted by Crippen LogP contribution is 1.98. The maximum absolute atomic E-state index is 11.5. The zero-order valence-electron chi connectivity index (χ0n) is 11.7. The molecule has 1 N–H and O–H groups in total. The summed E-state index contributed by atoms with van der Waals surface area (Å²) >= 11 is 0. The van der Waals surface area contributed by atoms with E-state index in [1.54, 1.807) is 6.21 Å². The van der Waals surface area contributed by atoms with Gasteiger partial charge in [-0.05, 0) is 17.5 Å². The number of hydrogen-bond acceptors (Lipinski definition) is 3. The number of oxime groups is 1. The van der Waals surface area contributed by atoms with E-state index >= 15 is 0 Å². The van der Waals surface area contributed by atoms with Crippen LogP contribution in [0.1, 0.15) is 11.1 Å². The van der Waals surface area contributed by atoms with E-state index in [1.165, 1.54) is 5.56 Å². The molecule has 0 atom stereocenters. The van der Waals surface area contributed by atoms with Gasteiger partial charge in [-0.3, -0.25) is 4.79 Å². The van der Waals surface area contributed by atoms with Crippen LogP contribution in [0.5, 0.6) is 0 Å². The Kier molecular flexibility index (Phi) is 6.00. The molecule has 0 aromatic heterocycles. The van der Waals surface area contributed by atoms with Crippen molar-refractivity contribution in [3.63, 3.8) is 0 Å². The smallest absolute Gasteiger partial charge is 0.260 e. The predicted octanol–water partition coefficient (Wildman–Crippen LogP) is 2.40. The molecule has 1 amide bonds. The summed E-state index contributed by atoms with van der Waals surface area (Å²) < 4.78 is 0. The number of carbonyl (C=O) groups excluding carboxylic acids is 1. The summed E-state index contributed by atoms with van der Waals surface area (Å²) in [6, 6.07) is 19.6. The highest BCUT2D eigenvalue weighted by Gasteiger charge is 2.00. The molecule has 2 aromatic carbocycles. The van der Waals surface area contributed by atoms with E-state index in [-0.39, 0.29) is 12.5 Å². The van der Waals surface area contributed by atoms with E-state index in [0.717, 1.165) is 12.0 Å². The Bertz CT molecular complexity index is 568. The molecule has 4 nitrogen and oxygen atoms in total. The fourth-order valence-electron chi connectivity index (χ4n) is 1.78. The quantitative estimate of drug-likeness (QED) is 0.626. The SMILES string of the molecule is O=C(CO/N=C\c1ccccc1)NCCc1ccccc1. The number of carbonyl (C=O) groups is 1. The first-order valence-corrected chi connectivity index (χ1v) is 6.85. The normalized spacial score (nSPS) is 10.5. The number of hydrogen-bond donors (Lipinski definition) is 1. The fourth-order valence-corrected chi connectivity index (χ4v) is 1.78. The summed E-state index contributed by atoms with van der Waals surface area (Å²) in [4.78, 5) is 16.5. The van der Waals surface area contributed by atoms with Crippen molar-refractivity contribution < 1.29 is 9.63 Å². The molecule has 0 spiro atoms. The van der Waals surface area contributed by atoms with Crippen LogP contribution in [0, 0.1) is 0 Å². The van der Waals surface area contributed by atoms with E-state index in [2.05, 4.69) is 10.5 Å². The van der Waals surface area contributed by atoms with Crippen molar-refractivity contribution in [3.8, 4) is 0 Å². The van der Waals surface area contributed by atoms with Crippen LogP contribution >= 0.6 is 0 Å². The van der Waals surface area contributed by atoms with Crippen LogP contribution in [0.3, 0.4) is 0 Å². The molecule has 0 radical (unpaired) electrons. The van der Waals surface area contributed by atoms with Crippen molar-refractivity contribution in [2.75, 3.05) is 13.2 Å². The van der Waals surface area contributed by atoms with Crippen molar-refractivity contribution in [1.29, 1.82) is 0 Å². The molecule has 108 valence electrons. The highest BCUT2D eigenvalue weighted by molar-refractivity contribution is 5.79. The van der Waals surface area contributed by atoms with Gasteiger partial charge in [0.2, 0.25) is 0 Å². The molecule has 0 aliphatic heterocycles. The molecule has 2 aromatic rings. The molecule has 0 heterocycles. The Hall–Kier alpha value is -2.62. The average Bonchev–Trinajstić information content (AvgIpc) is 2.54. The maximum atomic E-state index is 11.5. The molecule has 0 saturated carbocycles. The lowest BCUT2D eigenvalue weighted by Gasteiger charge is -2.04. The first-order chi connectivity index (χ1) is 10.3. The highest BCUT2D eigenvalue weighted by atomic mass is 16.6. The van der Waals surface area contributed by atoms with Crippen molar-refractivity contribution in [2.24, 2.45) is 5.16 Å². The summed E-state index contributed by atoms with van der Waals surface area (Å²) in [5.41, 5.74) is 2.13. The van der Waals surface area contributed by atoms with Crippen LogP contribution in [0.25, 0.3) is 0 Å². The van der Waals surface area contributed by atoms with Crippen molar-refractivity contribution >= 4 is 12.1 Å². The predicted molar refractivity (Wildman–Crippen MR) is 83.1 cm³/mol. The number of amides is 1. The molecular formula is C17H18N2O2. The Labute approximate surface area is 124 Å². The Morgan fingerprint density at radius 2 is 1.71 bits per heavy atom. The van der Waals surface area contributed by atoms with Gasteiger partial charge >= 0.3 is 0 Å². The number of nitrogens with one attached hydrogen (secondary N) is 1. The lowest BCUT2D eigenvalue weighted by molar-refractivity contribution is -0.125. The van der Waals surface area contributed by atoms with Gasteiger partial charge in [0.1, 0.15) is 0 Å². The van der Waals surface area contributed by atoms with Gasteiger partial charge in [-0.2, -0.15) is 0 Å². The van der Waals surface area contributed by atoms with Gasteiger partial charge in [-0.25, -0.2) is 0 Å². The van der Waals surface area contributed by atoms with Gasteiger partial charge in [0.25, 0.3) is 5.91 Å². The van der Waals surface area contributed by atoms with E-state index in [1.807, 2.05) is 60.7 Å². The van der Waals surface area contributed by atoms with E-state index in [0.29, 0.717) is 6.54 Å². The number of rotatable bonds is 7. The third kappa shape index (κ3) is 5.91. The van der Waals surface area contributed by atoms with E-state index in [4.69, 9.17) is 4.84 Å². The summed E-state index contributed by atoms with van der Waals surface area (Å²) in [5.74, 6) is -0.170. The summed E-state index contributed by atoms with van der Waals surface area (Å²) in [7, 11) is 0. The number of benzene rings is 2. The molecule has 0 fully saturated rings. The van der Waals surface area contributed by atoms with Crippen LogP contribution in [-0.2, 0) is 16.1 Å². The minimum absolute atomic E-state index is 0.0713. The summed E-state index contributed by atoms with van der Waals surface area (Å²) in [6.45, 7) is 0.521. The lowest BCUT2D eigenvalue weighted by atomic mass is 10.1. The van der Waals surface area contributed by atoms with Gasteiger partial charge in [0, 0.05) is 6.54 Å². The Balaban J connectivity index is 1.61. The Morgan fingerprint density at radius 1 is 1.05 bits per heavy atom. The van der Waals surface area contributed by atoms with Crippen LogP contribution in [0.15, 0.2) is 65.8 Å². The molecular weight excluding hydrogens is 264 g/mol. The summed E-state index contributed by atoms with van der Waals surface area (Å²) in [5, 5.41) is 6.55. The number of nitrogens with zero attached hydrogens (tertiary/aromatic N) is 1. The van der Waals surface area contributed by atoms with E-state index < -0.39 is 0 Å². The third-order valence-corrected chi connectivity index (χ3v) is 2.85. The van der Waals surface area contributed by atoms with Crippen LogP contribution < -0.4 is 5.32 Å². The molecule has 0 aliphatic rings. The van der Waals surface area contributed by atoms with Crippen molar-refractivity contribution in [1.82, 2.24) is 5.32 Å². The molecule has 2 rings (SSSR count). The maximum Gasteiger partial charge on any atom is 0.260 e. The van der Waals surface area contributed by atoms with Crippen molar-refractivity contribution in [2.45, 2.75) is 6.42 Å². The minimum atomic E-state index is -0.170. The monoisotopic (exact) mass is 282 g/mol. The first kappa shape index (κ1) is 14.8. The molecule has 0 unspecified atom stereocenters. The second-order valence-corrected chi connectivity index (χ2v) is 4.50. The second kappa shape index (κ2) is 8.53. The van der Waals surface area contributed by atoms with Crippen molar-refractivity contribution in [3.05, 3.63) is 71.8 Å². The van der Waals surface area contributed by atoms with Gasteiger partial charge in [0.05, 0.1) is 6.21 Å². The van der Waals surface area contributed by atoms with E-state index in [9.17, 15) is 4.79 Å². The van der Waals surface area contributed by atoms with Gasteiger partial charge in [0.15, 0.2) is 6.61 Å². The zero-order chi connectivity index (χ0) is 14.8. The summed E-state index contributed by atoms with van der Waals surface area (Å²) in [6.07, 6.45) is 2.39. The lowest BCUT2D eigenvalue weighted by Crippen LogP contribution is -2.28. The largest absolute Gasteiger partial charge is 0.386 e. The second-order valence-electron chi connectivity index (χ2n) is 4.50. The molecule has 0 saturated heterocycles. The molecule has 0 aliphatic carbocycles. The third-order valence-electron chi connectivity index (χ3n) is 2.85. The topological polar surface area (TPSA) is 50.7 Å². The fraction of sp³-hybridized carbons (Fsp3) is 0.176.